The number of rotatable bonds is 6. The Kier molecular flexibility index (Phi) is 9.34. The number of halogens is 1. The van der Waals surface area contributed by atoms with Crippen LogP contribution in [-0.2, 0) is 9.59 Å². The smallest absolute Gasteiger partial charge is 0.326 e. The van der Waals surface area contributed by atoms with Crippen LogP contribution in [0, 0.1) is 11.8 Å². The monoisotopic (exact) mass is 625 g/mol. The van der Waals surface area contributed by atoms with Gasteiger partial charge < -0.3 is 21.1 Å². The van der Waals surface area contributed by atoms with Gasteiger partial charge in [-0.2, -0.15) is 0 Å². The van der Waals surface area contributed by atoms with Gasteiger partial charge in [-0.25, -0.2) is 20.6 Å². The Labute approximate surface area is 262 Å². The molecule has 4 aromatic rings. The van der Waals surface area contributed by atoms with Gasteiger partial charge in [-0.15, -0.1) is 0 Å². The van der Waals surface area contributed by atoms with Crippen LogP contribution in [0.1, 0.15) is 51.1 Å². The molecule has 0 aliphatic carbocycles. The minimum Gasteiger partial charge on any atom is -0.480 e. The molecule has 228 valence electrons. The fourth-order valence-corrected chi connectivity index (χ4v) is 5.24. The zero-order chi connectivity index (χ0) is 32.1. The number of fused-ring (bicyclic) bond motifs is 1. The highest BCUT2D eigenvalue weighted by Gasteiger charge is 2.32. The molecule has 0 saturated carbocycles. The van der Waals surface area contributed by atoms with E-state index in [0.717, 1.165) is 12.8 Å². The molecule has 0 radical (unpaired) electrons. The third kappa shape index (κ3) is 6.91. The number of hydrazine groups is 1. The van der Waals surface area contributed by atoms with Crippen molar-refractivity contribution in [1.82, 2.24) is 20.3 Å². The lowest BCUT2D eigenvalue weighted by atomic mass is 10.0. The largest absolute Gasteiger partial charge is 0.480 e. The summed E-state index contributed by atoms with van der Waals surface area (Å²) in [5.41, 5.74) is 10.8. The maximum Gasteiger partial charge on any atom is 0.326 e. The van der Waals surface area contributed by atoms with Crippen molar-refractivity contribution in [1.29, 1.82) is 0 Å². The van der Waals surface area contributed by atoms with Crippen LogP contribution in [-0.4, -0.2) is 62.8 Å². The van der Waals surface area contributed by atoms with E-state index in [1.807, 2.05) is 0 Å². The van der Waals surface area contributed by atoms with E-state index < -0.39 is 23.8 Å². The van der Waals surface area contributed by atoms with Crippen LogP contribution in [0.5, 0.6) is 0 Å². The van der Waals surface area contributed by atoms with E-state index in [1.54, 1.807) is 48.5 Å². The summed E-state index contributed by atoms with van der Waals surface area (Å²) in [6.07, 6.45) is 3.36. The molecule has 2 aromatic carbocycles. The molecule has 7 N–H and O–H groups in total. The number of aliphatic carboxylic acids is 1. The van der Waals surface area contributed by atoms with Crippen molar-refractivity contribution in [3.63, 3.8) is 0 Å². The van der Waals surface area contributed by atoms with Gasteiger partial charge in [-0.3, -0.25) is 19.8 Å². The Bertz CT molecular complexity index is 1890. The third-order valence-electron chi connectivity index (χ3n) is 7.31. The summed E-state index contributed by atoms with van der Waals surface area (Å²) in [6, 6.07) is 14.2. The molecule has 1 saturated heterocycles. The zero-order valence-electron chi connectivity index (χ0n) is 23.8. The first-order chi connectivity index (χ1) is 21.7. The highest BCUT2D eigenvalue weighted by Crippen LogP contribution is 2.27. The van der Waals surface area contributed by atoms with E-state index in [-0.39, 0.29) is 28.9 Å². The van der Waals surface area contributed by atoms with Crippen LogP contribution >= 0.6 is 11.6 Å². The molecule has 5 rings (SSSR count). The molecule has 3 amide bonds. The molecule has 1 unspecified atom stereocenters. The molecule has 1 atom stereocenters. The van der Waals surface area contributed by atoms with Crippen LogP contribution in [0.25, 0.3) is 22.2 Å². The number of carbonyl (C=O) groups excluding carboxylic acids is 3. The number of nitrogens with zero attached hydrogens (tertiary/aromatic N) is 3. The van der Waals surface area contributed by atoms with E-state index in [2.05, 4.69) is 32.6 Å². The minimum atomic E-state index is -1.01. The van der Waals surface area contributed by atoms with Crippen molar-refractivity contribution in [3.8, 4) is 23.1 Å². The van der Waals surface area contributed by atoms with E-state index in [0.29, 0.717) is 51.8 Å². The van der Waals surface area contributed by atoms with Crippen molar-refractivity contribution < 1.29 is 24.3 Å². The number of nitrogens with two attached hydrogens (primary N) is 2. The van der Waals surface area contributed by atoms with Crippen molar-refractivity contribution in [2.24, 2.45) is 11.6 Å². The van der Waals surface area contributed by atoms with Gasteiger partial charge in [-0.05, 0) is 55.7 Å². The summed E-state index contributed by atoms with van der Waals surface area (Å²) in [5.74, 6) is 9.35. The summed E-state index contributed by atoms with van der Waals surface area (Å²) in [5, 5.41) is 12.8. The summed E-state index contributed by atoms with van der Waals surface area (Å²) < 4.78 is 0. The van der Waals surface area contributed by atoms with Gasteiger partial charge >= 0.3 is 5.97 Å². The van der Waals surface area contributed by atoms with Crippen LogP contribution in [0.2, 0.25) is 5.02 Å². The molecule has 1 aliphatic heterocycles. The number of aromatic nitrogens is 2. The first-order valence-electron chi connectivity index (χ1n) is 14.0. The average Bonchev–Trinajstić information content (AvgIpc) is 3.06. The number of carboxylic acids is 1. The maximum atomic E-state index is 13.0. The Morgan fingerprint density at radius 2 is 1.82 bits per heavy atom. The Morgan fingerprint density at radius 3 is 2.51 bits per heavy atom. The van der Waals surface area contributed by atoms with Crippen LogP contribution in [0.4, 0.5) is 5.82 Å². The predicted octanol–water partition coefficient (Wildman–Crippen LogP) is 2.93. The normalized spacial score (nSPS) is 14.3. The van der Waals surface area contributed by atoms with Gasteiger partial charge in [0, 0.05) is 46.4 Å². The zero-order valence-corrected chi connectivity index (χ0v) is 24.6. The lowest BCUT2D eigenvalue weighted by Crippen LogP contribution is -2.47. The van der Waals surface area contributed by atoms with Crippen molar-refractivity contribution in [2.75, 3.05) is 18.4 Å². The number of hydrogen-bond donors (Lipinski definition) is 5. The number of carbonyl (C=O) groups is 4. The van der Waals surface area contributed by atoms with Gasteiger partial charge in [0.05, 0.1) is 28.3 Å². The molecule has 0 spiro atoms. The first-order valence-corrected chi connectivity index (χ1v) is 14.3. The Morgan fingerprint density at radius 1 is 1.04 bits per heavy atom. The van der Waals surface area contributed by atoms with E-state index in [4.69, 9.17) is 23.2 Å². The number of carboxylic acid groups (broad SMARTS) is 1. The number of nitrogen functional groups attached to an aromatic ring is 1. The van der Waals surface area contributed by atoms with E-state index in [1.165, 1.54) is 17.2 Å². The molecule has 13 heteroatoms. The van der Waals surface area contributed by atoms with Crippen LogP contribution in [0.3, 0.4) is 0 Å². The topological polar surface area (TPSA) is 194 Å². The summed E-state index contributed by atoms with van der Waals surface area (Å²) in [6.45, 7) is 0.167. The molecule has 0 bridgehead atoms. The van der Waals surface area contributed by atoms with Gasteiger partial charge in [0.1, 0.15) is 11.9 Å². The second-order valence-electron chi connectivity index (χ2n) is 10.2. The van der Waals surface area contributed by atoms with Gasteiger partial charge in [0.15, 0.2) is 0 Å². The summed E-state index contributed by atoms with van der Waals surface area (Å²) in [7, 11) is 0. The number of amides is 3. The Hall–Kier alpha value is -5.35. The second kappa shape index (κ2) is 13.5. The van der Waals surface area contributed by atoms with E-state index in [9.17, 15) is 24.3 Å². The highest BCUT2D eigenvalue weighted by atomic mass is 35.5. The number of nitrogens with one attached hydrogen (secondary N) is 2. The van der Waals surface area contributed by atoms with Crippen LogP contribution < -0.4 is 22.3 Å². The van der Waals surface area contributed by atoms with Gasteiger partial charge in [0.25, 0.3) is 11.8 Å². The summed E-state index contributed by atoms with van der Waals surface area (Å²) >= 11 is 6.46. The molecule has 45 heavy (non-hydrogen) atoms. The molecule has 3 heterocycles. The number of likely N-dealkylation sites (tertiary alicyclic amines) is 1. The SMILES string of the molecule is NCC(=O)Nc1cc2nc(-c3ccc(C#Cc4ccc(C(=O)N5CCCCC5C(=O)O)cc4Cl)cc3)cc(C(=O)NN)c2cn1. The number of anilines is 1. The van der Waals surface area contributed by atoms with Gasteiger partial charge in [0.2, 0.25) is 5.91 Å². The molecule has 1 fully saturated rings. The lowest BCUT2D eigenvalue weighted by Gasteiger charge is -2.33. The molecule has 12 nitrogen and oxygen atoms in total. The highest BCUT2D eigenvalue weighted by molar-refractivity contribution is 6.32. The van der Waals surface area contributed by atoms with Crippen molar-refractivity contribution in [3.05, 3.63) is 88.1 Å². The predicted molar refractivity (Wildman–Crippen MR) is 168 cm³/mol. The van der Waals surface area contributed by atoms with Crippen molar-refractivity contribution >= 4 is 52.0 Å². The average molecular weight is 626 g/mol. The quantitative estimate of drug-likeness (QED) is 0.0926. The fraction of sp³-hybridized carbons (Fsp3) is 0.188. The minimum absolute atomic E-state index is 0.214. The number of piperidine rings is 1. The molecular formula is C32H28ClN7O5. The number of pyridine rings is 2. The maximum absolute atomic E-state index is 13.0. The second-order valence-corrected chi connectivity index (χ2v) is 10.6. The lowest BCUT2D eigenvalue weighted by molar-refractivity contribution is -0.143. The summed E-state index contributed by atoms with van der Waals surface area (Å²) in [4.78, 5) is 59.1. The third-order valence-corrected chi connectivity index (χ3v) is 7.62. The molecular weight excluding hydrogens is 598 g/mol. The number of benzene rings is 2. The van der Waals surface area contributed by atoms with Gasteiger partial charge in [-0.1, -0.05) is 35.6 Å². The van der Waals surface area contributed by atoms with Crippen LogP contribution in [0.15, 0.2) is 60.8 Å². The van der Waals surface area contributed by atoms with Crippen molar-refractivity contribution in [2.45, 2.75) is 25.3 Å². The molecule has 1 aliphatic rings. The number of hydrogen-bond acceptors (Lipinski definition) is 8. The Balaban J connectivity index is 1.38. The standard InChI is InChI=1S/C32H28ClN7O5/c33-24-13-21(31(43)40-12-2-1-3-27(40)32(44)45)11-10-19(24)7-4-18-5-8-20(9-6-18)25-14-22(30(42)39-35)23-17-36-28(15-26(23)37-25)38-29(41)16-34/h5-6,8-11,13-15,17,27H,1-3,12,16,34-35H2,(H,39,42)(H,44,45)(H,36,38,41). The van der Waals surface area contributed by atoms with E-state index >= 15 is 0 Å². The molecule has 2 aromatic heterocycles. The first kappa shape index (κ1) is 31.1. The fourth-order valence-electron chi connectivity index (χ4n) is 5.01.